The highest BCUT2D eigenvalue weighted by atomic mass is 127. The van der Waals surface area contributed by atoms with Gasteiger partial charge in [0, 0.05) is 9.13 Å². The Kier molecular flexibility index (Phi) is 3.34. The van der Waals surface area contributed by atoms with E-state index in [9.17, 15) is 0 Å². The molecule has 0 heterocycles. The van der Waals surface area contributed by atoms with Gasteiger partial charge in [-0.05, 0) is 47.2 Å². The van der Waals surface area contributed by atoms with Crippen molar-refractivity contribution in [3.63, 3.8) is 0 Å². The zero-order valence-electron chi connectivity index (χ0n) is 7.10. The molecule has 1 aromatic carbocycles. The summed E-state index contributed by atoms with van der Waals surface area (Å²) < 4.78 is 6.27. The quantitative estimate of drug-likeness (QED) is 0.839. The third-order valence-corrected chi connectivity index (χ3v) is 2.88. The molecule has 0 aliphatic heterocycles. The van der Waals surface area contributed by atoms with Crippen LogP contribution >= 0.6 is 22.6 Å². The van der Waals surface area contributed by atoms with Crippen LogP contribution in [0.15, 0.2) is 12.1 Å². The lowest BCUT2D eigenvalue weighted by atomic mass is 10.1. The highest BCUT2D eigenvalue weighted by molar-refractivity contribution is 14.1. The van der Waals surface area contributed by atoms with Crippen molar-refractivity contribution in [2.24, 2.45) is 0 Å². The fraction of sp³-hybridized carbons (Fsp3) is 0.333. The van der Waals surface area contributed by atoms with Gasteiger partial charge in [-0.2, -0.15) is 0 Å². The number of ether oxygens (including phenoxy) is 1. The first-order valence-electron chi connectivity index (χ1n) is 3.63. The van der Waals surface area contributed by atoms with Crippen LogP contribution < -0.4 is 4.74 Å². The summed E-state index contributed by atoms with van der Waals surface area (Å²) in [5, 5.41) is 8.91. The van der Waals surface area contributed by atoms with Gasteiger partial charge in [-0.1, -0.05) is 0 Å². The Hall–Kier alpha value is -0.290. The second kappa shape index (κ2) is 4.09. The summed E-state index contributed by atoms with van der Waals surface area (Å²) in [5.41, 5.74) is 2.01. The Morgan fingerprint density at radius 1 is 1.50 bits per heavy atom. The summed E-state index contributed by atoms with van der Waals surface area (Å²) >= 11 is 2.23. The highest BCUT2D eigenvalue weighted by Crippen LogP contribution is 2.24. The van der Waals surface area contributed by atoms with Crippen LogP contribution in [-0.2, 0) is 6.61 Å². The van der Waals surface area contributed by atoms with E-state index in [2.05, 4.69) is 22.6 Å². The topological polar surface area (TPSA) is 29.5 Å². The Bertz CT molecular complexity index is 284. The zero-order valence-corrected chi connectivity index (χ0v) is 9.25. The van der Waals surface area contributed by atoms with Gasteiger partial charge in [-0.15, -0.1) is 0 Å². The molecule has 0 aromatic heterocycles. The molecule has 1 N–H and O–H groups in total. The molecule has 66 valence electrons. The molecular formula is C9H11IO2. The smallest absolute Gasteiger partial charge is 0.123 e. The van der Waals surface area contributed by atoms with E-state index >= 15 is 0 Å². The van der Waals surface area contributed by atoms with Crippen LogP contribution in [0, 0.1) is 10.5 Å². The SMILES string of the molecule is COc1cc(CO)cc(I)c1C. The van der Waals surface area contributed by atoms with Crippen LogP contribution in [0.4, 0.5) is 0 Å². The monoisotopic (exact) mass is 278 g/mol. The largest absolute Gasteiger partial charge is 0.496 e. The number of aliphatic hydroxyl groups is 1. The maximum atomic E-state index is 8.91. The normalized spacial score (nSPS) is 10.0. The number of hydrogen-bond donors (Lipinski definition) is 1. The van der Waals surface area contributed by atoms with Crippen molar-refractivity contribution in [3.8, 4) is 5.75 Å². The fourth-order valence-corrected chi connectivity index (χ4v) is 1.68. The number of benzene rings is 1. The Labute approximate surface area is 85.7 Å². The summed E-state index contributed by atoms with van der Waals surface area (Å²) in [5.74, 6) is 0.839. The lowest BCUT2D eigenvalue weighted by molar-refractivity contribution is 0.281. The van der Waals surface area contributed by atoms with Crippen molar-refractivity contribution in [1.29, 1.82) is 0 Å². The average molecular weight is 278 g/mol. The van der Waals surface area contributed by atoms with Crippen molar-refractivity contribution in [3.05, 3.63) is 26.8 Å². The lowest BCUT2D eigenvalue weighted by Crippen LogP contribution is -1.93. The highest BCUT2D eigenvalue weighted by Gasteiger charge is 2.04. The molecule has 1 aromatic rings. The summed E-state index contributed by atoms with van der Waals surface area (Å²) in [7, 11) is 1.64. The maximum Gasteiger partial charge on any atom is 0.123 e. The molecule has 0 spiro atoms. The van der Waals surface area contributed by atoms with Crippen molar-refractivity contribution >= 4 is 22.6 Å². The third-order valence-electron chi connectivity index (χ3n) is 1.76. The first kappa shape index (κ1) is 9.80. The van der Waals surface area contributed by atoms with Crippen LogP contribution in [-0.4, -0.2) is 12.2 Å². The van der Waals surface area contributed by atoms with Crippen LogP contribution in [0.1, 0.15) is 11.1 Å². The van der Waals surface area contributed by atoms with E-state index in [1.807, 2.05) is 19.1 Å². The maximum absolute atomic E-state index is 8.91. The van der Waals surface area contributed by atoms with E-state index in [1.165, 1.54) is 0 Å². The first-order valence-corrected chi connectivity index (χ1v) is 4.70. The minimum absolute atomic E-state index is 0.0621. The molecule has 0 saturated heterocycles. The van der Waals surface area contributed by atoms with Crippen LogP contribution in [0.3, 0.4) is 0 Å². The number of rotatable bonds is 2. The number of halogens is 1. The molecule has 0 amide bonds. The van der Waals surface area contributed by atoms with Gasteiger partial charge in [0.1, 0.15) is 5.75 Å². The van der Waals surface area contributed by atoms with E-state index in [0.29, 0.717) is 0 Å². The van der Waals surface area contributed by atoms with Gasteiger partial charge >= 0.3 is 0 Å². The Morgan fingerprint density at radius 3 is 2.67 bits per heavy atom. The van der Waals surface area contributed by atoms with Crippen molar-refractivity contribution < 1.29 is 9.84 Å². The number of methoxy groups -OCH3 is 1. The van der Waals surface area contributed by atoms with Crippen molar-refractivity contribution in [2.45, 2.75) is 13.5 Å². The Morgan fingerprint density at radius 2 is 2.17 bits per heavy atom. The number of hydrogen-bond acceptors (Lipinski definition) is 2. The second-order valence-electron chi connectivity index (χ2n) is 2.56. The summed E-state index contributed by atoms with van der Waals surface area (Å²) in [4.78, 5) is 0. The molecule has 3 heteroatoms. The van der Waals surface area contributed by atoms with Crippen LogP contribution in [0.5, 0.6) is 5.75 Å². The van der Waals surface area contributed by atoms with E-state index in [-0.39, 0.29) is 6.61 Å². The fourth-order valence-electron chi connectivity index (χ4n) is 1.01. The van der Waals surface area contributed by atoms with Gasteiger partial charge in [-0.3, -0.25) is 0 Å². The van der Waals surface area contributed by atoms with Gasteiger partial charge < -0.3 is 9.84 Å². The van der Waals surface area contributed by atoms with Gasteiger partial charge in [0.05, 0.1) is 13.7 Å². The lowest BCUT2D eigenvalue weighted by Gasteiger charge is -2.08. The summed E-state index contributed by atoms with van der Waals surface area (Å²) in [6.45, 7) is 2.06. The average Bonchev–Trinajstić information content (AvgIpc) is 2.09. The summed E-state index contributed by atoms with van der Waals surface area (Å²) in [6, 6.07) is 3.82. The minimum Gasteiger partial charge on any atom is -0.496 e. The van der Waals surface area contributed by atoms with Gasteiger partial charge in [0.2, 0.25) is 0 Å². The molecule has 0 unspecified atom stereocenters. The molecule has 1 rings (SSSR count). The molecular weight excluding hydrogens is 267 g/mol. The predicted molar refractivity (Wildman–Crippen MR) is 56.4 cm³/mol. The van der Waals surface area contributed by atoms with E-state index < -0.39 is 0 Å². The van der Waals surface area contributed by atoms with Crippen molar-refractivity contribution in [2.75, 3.05) is 7.11 Å². The van der Waals surface area contributed by atoms with Crippen molar-refractivity contribution in [1.82, 2.24) is 0 Å². The zero-order chi connectivity index (χ0) is 9.14. The van der Waals surface area contributed by atoms with E-state index in [4.69, 9.17) is 9.84 Å². The minimum atomic E-state index is 0.0621. The Balaban J connectivity index is 3.19. The predicted octanol–water partition coefficient (Wildman–Crippen LogP) is 2.10. The van der Waals surface area contributed by atoms with Gasteiger partial charge in [-0.25, -0.2) is 0 Å². The molecule has 12 heavy (non-hydrogen) atoms. The molecule has 0 radical (unpaired) electrons. The summed E-state index contributed by atoms with van der Waals surface area (Å²) in [6.07, 6.45) is 0. The molecule has 2 nitrogen and oxygen atoms in total. The molecule has 0 aliphatic rings. The molecule has 0 atom stereocenters. The molecule has 0 aliphatic carbocycles. The molecule has 0 saturated carbocycles. The van der Waals surface area contributed by atoms with Gasteiger partial charge in [0.15, 0.2) is 0 Å². The number of aliphatic hydroxyl groups excluding tert-OH is 1. The van der Waals surface area contributed by atoms with E-state index in [0.717, 1.165) is 20.4 Å². The standard InChI is InChI=1S/C9H11IO2/c1-6-8(10)3-7(5-11)4-9(6)12-2/h3-4,11H,5H2,1-2H3. The van der Waals surface area contributed by atoms with Crippen LogP contribution in [0.2, 0.25) is 0 Å². The van der Waals surface area contributed by atoms with Gasteiger partial charge in [0.25, 0.3) is 0 Å². The van der Waals surface area contributed by atoms with Crippen LogP contribution in [0.25, 0.3) is 0 Å². The second-order valence-corrected chi connectivity index (χ2v) is 3.73. The molecule has 0 bridgehead atoms. The third kappa shape index (κ3) is 1.90. The first-order chi connectivity index (χ1) is 5.69. The molecule has 0 fully saturated rings. The van der Waals surface area contributed by atoms with E-state index in [1.54, 1.807) is 7.11 Å².